The maximum absolute atomic E-state index is 12.7. The lowest BCUT2D eigenvalue weighted by Gasteiger charge is -2.32. The summed E-state index contributed by atoms with van der Waals surface area (Å²) in [7, 11) is 0. The van der Waals surface area contributed by atoms with Gasteiger partial charge in [0.1, 0.15) is 0 Å². The number of anilines is 2. The van der Waals surface area contributed by atoms with E-state index < -0.39 is 0 Å². The largest absolute Gasteiger partial charge is 0.370 e. The predicted octanol–water partition coefficient (Wildman–Crippen LogP) is 5.86. The van der Waals surface area contributed by atoms with E-state index in [9.17, 15) is 4.79 Å². The van der Waals surface area contributed by atoms with Crippen LogP contribution in [0.5, 0.6) is 0 Å². The van der Waals surface area contributed by atoms with Crippen LogP contribution in [0, 0.1) is 5.92 Å². The van der Waals surface area contributed by atoms with Crippen LogP contribution in [0.25, 0.3) is 10.8 Å². The van der Waals surface area contributed by atoms with Crippen LogP contribution in [0.15, 0.2) is 60.7 Å². The molecule has 1 saturated heterocycles. The lowest BCUT2D eigenvalue weighted by Crippen LogP contribution is -2.34. The highest BCUT2D eigenvalue weighted by molar-refractivity contribution is 7.80. The van der Waals surface area contributed by atoms with Crippen molar-refractivity contribution in [1.29, 1.82) is 0 Å². The second-order valence-electron chi connectivity index (χ2n) is 7.77. The van der Waals surface area contributed by atoms with Gasteiger partial charge < -0.3 is 10.2 Å². The van der Waals surface area contributed by atoms with Gasteiger partial charge in [0, 0.05) is 24.3 Å². The third kappa shape index (κ3) is 4.58. The Bertz CT molecular complexity index is 1090. The zero-order chi connectivity index (χ0) is 21.1. The van der Waals surface area contributed by atoms with Crippen molar-refractivity contribution in [3.8, 4) is 0 Å². The molecule has 4 rings (SSSR count). The summed E-state index contributed by atoms with van der Waals surface area (Å²) in [6, 6.07) is 19.2. The Kier molecular flexibility index (Phi) is 6.21. The fourth-order valence-electron chi connectivity index (χ4n) is 3.85. The first kappa shape index (κ1) is 20.6. The van der Waals surface area contributed by atoms with Gasteiger partial charge in [-0.15, -0.1) is 0 Å². The fraction of sp³-hybridized carbons (Fsp3) is 0.250. The molecule has 1 fully saturated rings. The van der Waals surface area contributed by atoms with Gasteiger partial charge in [-0.05, 0) is 66.0 Å². The molecule has 1 amide bonds. The van der Waals surface area contributed by atoms with Crippen LogP contribution in [0.1, 0.15) is 30.1 Å². The quantitative estimate of drug-likeness (QED) is 0.504. The van der Waals surface area contributed by atoms with Crippen molar-refractivity contribution in [2.24, 2.45) is 5.92 Å². The van der Waals surface area contributed by atoms with Crippen LogP contribution in [-0.2, 0) is 0 Å². The van der Waals surface area contributed by atoms with Crippen LogP contribution < -0.4 is 15.5 Å². The molecule has 154 valence electrons. The van der Waals surface area contributed by atoms with Crippen molar-refractivity contribution in [3.63, 3.8) is 0 Å². The lowest BCUT2D eigenvalue weighted by atomic mass is 9.99. The average Bonchev–Trinajstić information content (AvgIpc) is 2.74. The summed E-state index contributed by atoms with van der Waals surface area (Å²) in [4.78, 5) is 15.1. The number of piperidine rings is 1. The normalized spacial score (nSPS) is 14.5. The molecule has 0 saturated carbocycles. The molecule has 0 bridgehead atoms. The number of halogens is 1. The third-order valence-corrected chi connectivity index (χ3v) is 6.10. The number of benzene rings is 3. The number of hydrogen-bond donors (Lipinski definition) is 2. The van der Waals surface area contributed by atoms with Crippen LogP contribution in [-0.4, -0.2) is 24.1 Å². The number of thiocarbonyl (C=S) groups is 1. The van der Waals surface area contributed by atoms with Crippen molar-refractivity contribution in [2.75, 3.05) is 23.3 Å². The van der Waals surface area contributed by atoms with Gasteiger partial charge in [-0.1, -0.05) is 54.9 Å². The highest BCUT2D eigenvalue weighted by Gasteiger charge is 2.18. The highest BCUT2D eigenvalue weighted by Crippen LogP contribution is 2.31. The molecule has 0 aromatic heterocycles. The maximum Gasteiger partial charge on any atom is 0.258 e. The minimum atomic E-state index is -0.241. The second-order valence-corrected chi connectivity index (χ2v) is 8.59. The van der Waals surface area contributed by atoms with E-state index >= 15 is 0 Å². The lowest BCUT2D eigenvalue weighted by molar-refractivity contribution is 0.0979. The highest BCUT2D eigenvalue weighted by atomic mass is 35.5. The smallest absolute Gasteiger partial charge is 0.258 e. The molecule has 0 spiro atoms. The number of fused-ring (bicyclic) bond motifs is 1. The Labute approximate surface area is 187 Å². The molecule has 0 radical (unpaired) electrons. The van der Waals surface area contributed by atoms with Crippen LogP contribution in [0.4, 0.5) is 11.4 Å². The van der Waals surface area contributed by atoms with Gasteiger partial charge in [-0.3, -0.25) is 10.1 Å². The molecular formula is C24H24ClN3OS. The monoisotopic (exact) mass is 437 g/mol. The molecule has 0 unspecified atom stereocenters. The molecule has 30 heavy (non-hydrogen) atoms. The molecule has 4 nitrogen and oxygen atoms in total. The first-order valence-corrected chi connectivity index (χ1v) is 10.9. The standard InChI is InChI=1S/C24H24ClN3OS/c1-16-11-13-28(14-12-16)22-10-9-18(15-21(22)25)26-24(30)27-23(29)20-8-4-6-17-5-2-3-7-19(17)20/h2-10,15-16H,11-14H2,1H3,(H2,26,27,29,30). The molecule has 0 atom stereocenters. The van der Waals surface area contributed by atoms with E-state index in [1.165, 1.54) is 12.8 Å². The minimum absolute atomic E-state index is 0.239. The summed E-state index contributed by atoms with van der Waals surface area (Å²) in [6.45, 7) is 4.33. The minimum Gasteiger partial charge on any atom is -0.370 e. The van der Waals surface area contributed by atoms with Gasteiger partial charge in [0.05, 0.1) is 10.7 Å². The van der Waals surface area contributed by atoms with E-state index in [1.807, 2.05) is 54.6 Å². The number of amides is 1. The number of nitrogens with zero attached hydrogens (tertiary/aromatic N) is 1. The molecule has 2 N–H and O–H groups in total. The van der Waals surface area contributed by atoms with Gasteiger partial charge in [0.25, 0.3) is 5.91 Å². The number of carbonyl (C=O) groups is 1. The Morgan fingerprint density at radius 1 is 1.07 bits per heavy atom. The van der Waals surface area contributed by atoms with Crippen molar-refractivity contribution < 1.29 is 4.79 Å². The Hall–Kier alpha value is -2.63. The third-order valence-electron chi connectivity index (χ3n) is 5.59. The SMILES string of the molecule is CC1CCN(c2ccc(NC(=S)NC(=O)c3cccc4ccccc34)cc2Cl)CC1. The van der Waals surface area contributed by atoms with Gasteiger partial charge in [0.15, 0.2) is 5.11 Å². The van der Waals surface area contributed by atoms with E-state index in [-0.39, 0.29) is 11.0 Å². The summed E-state index contributed by atoms with van der Waals surface area (Å²) in [5.74, 6) is 0.526. The summed E-state index contributed by atoms with van der Waals surface area (Å²) in [5.41, 5.74) is 2.38. The molecule has 6 heteroatoms. The second kappa shape index (κ2) is 9.02. The molecule has 1 aliphatic rings. The Morgan fingerprint density at radius 3 is 2.57 bits per heavy atom. The Morgan fingerprint density at radius 2 is 1.80 bits per heavy atom. The van der Waals surface area contributed by atoms with E-state index in [0.29, 0.717) is 10.6 Å². The van der Waals surface area contributed by atoms with Crippen molar-refractivity contribution in [1.82, 2.24) is 5.32 Å². The predicted molar refractivity (Wildman–Crippen MR) is 130 cm³/mol. The summed E-state index contributed by atoms with van der Waals surface area (Å²) in [6.07, 6.45) is 2.36. The molecule has 3 aromatic carbocycles. The van der Waals surface area contributed by atoms with Crippen LogP contribution in [0.3, 0.4) is 0 Å². The average molecular weight is 438 g/mol. The zero-order valence-corrected chi connectivity index (χ0v) is 18.4. The van der Waals surface area contributed by atoms with Crippen molar-refractivity contribution in [3.05, 3.63) is 71.2 Å². The molecule has 3 aromatic rings. The van der Waals surface area contributed by atoms with Gasteiger partial charge in [-0.25, -0.2) is 0 Å². The zero-order valence-electron chi connectivity index (χ0n) is 16.8. The van der Waals surface area contributed by atoms with Gasteiger partial charge >= 0.3 is 0 Å². The first-order chi connectivity index (χ1) is 14.5. The number of nitrogens with one attached hydrogen (secondary N) is 2. The molecule has 0 aliphatic carbocycles. The summed E-state index contributed by atoms with van der Waals surface area (Å²) in [5, 5.41) is 8.65. The summed E-state index contributed by atoms with van der Waals surface area (Å²) >= 11 is 11.9. The fourth-order valence-corrected chi connectivity index (χ4v) is 4.36. The van der Waals surface area contributed by atoms with E-state index in [4.69, 9.17) is 23.8 Å². The van der Waals surface area contributed by atoms with E-state index in [1.54, 1.807) is 6.07 Å². The van der Waals surface area contributed by atoms with Gasteiger partial charge in [0.2, 0.25) is 0 Å². The molecule has 1 aliphatic heterocycles. The number of rotatable bonds is 3. The molecule has 1 heterocycles. The van der Waals surface area contributed by atoms with E-state index in [0.717, 1.165) is 41.2 Å². The van der Waals surface area contributed by atoms with Gasteiger partial charge in [-0.2, -0.15) is 0 Å². The summed E-state index contributed by atoms with van der Waals surface area (Å²) < 4.78 is 0. The van der Waals surface area contributed by atoms with Crippen LogP contribution >= 0.6 is 23.8 Å². The van der Waals surface area contributed by atoms with Crippen molar-refractivity contribution in [2.45, 2.75) is 19.8 Å². The topological polar surface area (TPSA) is 44.4 Å². The number of hydrogen-bond acceptors (Lipinski definition) is 3. The Balaban J connectivity index is 1.42. The molecular weight excluding hydrogens is 414 g/mol. The number of carbonyl (C=O) groups excluding carboxylic acids is 1. The first-order valence-electron chi connectivity index (χ1n) is 10.2. The van der Waals surface area contributed by atoms with Crippen LogP contribution in [0.2, 0.25) is 5.02 Å². The van der Waals surface area contributed by atoms with Crippen molar-refractivity contribution >= 4 is 57.0 Å². The maximum atomic E-state index is 12.7. The van der Waals surface area contributed by atoms with E-state index in [2.05, 4.69) is 22.5 Å².